The van der Waals surface area contributed by atoms with Gasteiger partial charge in [0.1, 0.15) is 0 Å². The third-order valence-corrected chi connectivity index (χ3v) is 3.10. The molecule has 0 aromatic rings. The van der Waals surface area contributed by atoms with E-state index in [1.807, 2.05) is 0 Å². The van der Waals surface area contributed by atoms with Crippen molar-refractivity contribution in [3.63, 3.8) is 0 Å². The molecule has 6 nitrogen and oxygen atoms in total. The molecule has 1 atom stereocenters. The number of aliphatic carboxylic acids is 1. The van der Waals surface area contributed by atoms with Gasteiger partial charge in [-0.3, -0.25) is 4.79 Å². The minimum Gasteiger partial charge on any atom is -0.480 e. The summed E-state index contributed by atoms with van der Waals surface area (Å²) in [4.78, 5) is 10.2. The molecule has 0 aromatic carbocycles. The van der Waals surface area contributed by atoms with E-state index >= 15 is 0 Å². The monoisotopic (exact) mass is 223 g/mol. The first kappa shape index (κ1) is 11.4. The highest BCUT2D eigenvalue weighted by Crippen LogP contribution is 2.10. The lowest BCUT2D eigenvalue weighted by atomic mass is 10.2. The summed E-state index contributed by atoms with van der Waals surface area (Å²) >= 11 is 0. The Hall–Kier alpha value is -0.660. The fourth-order valence-corrected chi connectivity index (χ4v) is 2.11. The molecular formula is C7H13NO5S. The maximum atomic E-state index is 11.1. The molecule has 0 aliphatic carbocycles. The second-order valence-corrected chi connectivity index (χ2v) is 4.94. The van der Waals surface area contributed by atoms with Gasteiger partial charge in [-0.15, -0.1) is 0 Å². The molecule has 0 saturated carbocycles. The largest absolute Gasteiger partial charge is 0.480 e. The van der Waals surface area contributed by atoms with Gasteiger partial charge < -0.3 is 9.84 Å². The molecule has 1 aliphatic heterocycles. The zero-order chi connectivity index (χ0) is 10.6. The van der Waals surface area contributed by atoms with Crippen LogP contribution in [0.5, 0.6) is 0 Å². The molecule has 2 N–H and O–H groups in total. The summed E-state index contributed by atoms with van der Waals surface area (Å²) in [6.07, 6.45) is 1.62. The van der Waals surface area contributed by atoms with E-state index < -0.39 is 21.7 Å². The average molecular weight is 223 g/mol. The predicted molar refractivity (Wildman–Crippen MR) is 48.4 cm³/mol. The Labute approximate surface area is 82.3 Å². The number of nitrogens with one attached hydrogen (secondary N) is 1. The smallest absolute Gasteiger partial charge is 0.320 e. The number of ether oxygens (including phenoxy) is 1. The van der Waals surface area contributed by atoms with Gasteiger partial charge in [-0.25, -0.2) is 13.1 Å². The van der Waals surface area contributed by atoms with Gasteiger partial charge in [0, 0.05) is 13.2 Å². The van der Waals surface area contributed by atoms with Crippen molar-refractivity contribution in [2.24, 2.45) is 0 Å². The molecule has 1 rings (SSSR count). The van der Waals surface area contributed by atoms with Crippen LogP contribution in [0.25, 0.3) is 0 Å². The Morgan fingerprint density at radius 2 is 2.29 bits per heavy atom. The van der Waals surface area contributed by atoms with Crippen LogP contribution in [0, 0.1) is 0 Å². The van der Waals surface area contributed by atoms with Gasteiger partial charge in [-0.05, 0) is 12.8 Å². The predicted octanol–water partition coefficient (Wildman–Crippen LogP) is -0.831. The highest BCUT2D eigenvalue weighted by atomic mass is 32.2. The van der Waals surface area contributed by atoms with E-state index in [9.17, 15) is 13.2 Å². The molecule has 7 heteroatoms. The molecule has 0 aromatic heterocycles. The minimum atomic E-state index is -3.70. The van der Waals surface area contributed by atoms with Crippen molar-refractivity contribution < 1.29 is 23.1 Å². The van der Waals surface area contributed by atoms with Crippen molar-refractivity contribution in [2.75, 3.05) is 18.9 Å². The second kappa shape index (κ2) is 4.72. The van der Waals surface area contributed by atoms with Crippen LogP contribution in [0.4, 0.5) is 0 Å². The van der Waals surface area contributed by atoms with E-state index in [4.69, 9.17) is 9.84 Å². The summed E-state index contributed by atoms with van der Waals surface area (Å²) in [5, 5.41) is 8.29. The van der Waals surface area contributed by atoms with Crippen molar-refractivity contribution >= 4 is 16.0 Å². The molecule has 1 heterocycles. The first-order valence-electron chi connectivity index (χ1n) is 4.30. The number of carboxylic acid groups (broad SMARTS) is 1. The molecule has 0 spiro atoms. The van der Waals surface area contributed by atoms with E-state index in [0.29, 0.717) is 6.61 Å². The number of rotatable bonds is 5. The molecule has 0 amide bonds. The van der Waals surface area contributed by atoms with Gasteiger partial charge in [-0.1, -0.05) is 0 Å². The van der Waals surface area contributed by atoms with Gasteiger partial charge in [0.15, 0.2) is 5.75 Å². The lowest BCUT2D eigenvalue weighted by Gasteiger charge is -2.09. The zero-order valence-electron chi connectivity index (χ0n) is 7.60. The van der Waals surface area contributed by atoms with Crippen LogP contribution in [0.3, 0.4) is 0 Å². The van der Waals surface area contributed by atoms with E-state index in [1.165, 1.54) is 0 Å². The fourth-order valence-electron chi connectivity index (χ4n) is 1.24. The number of carbonyl (C=O) groups is 1. The Bertz CT molecular complexity index is 293. The summed E-state index contributed by atoms with van der Waals surface area (Å²) < 4.78 is 29.5. The molecule has 0 unspecified atom stereocenters. The van der Waals surface area contributed by atoms with E-state index in [-0.39, 0.29) is 12.6 Å². The topological polar surface area (TPSA) is 92.7 Å². The van der Waals surface area contributed by atoms with Crippen molar-refractivity contribution in [3.05, 3.63) is 0 Å². The number of carboxylic acids is 1. The summed E-state index contributed by atoms with van der Waals surface area (Å²) in [6.45, 7) is 0.806. The van der Waals surface area contributed by atoms with Crippen molar-refractivity contribution in [1.29, 1.82) is 0 Å². The van der Waals surface area contributed by atoms with Crippen LogP contribution in [-0.2, 0) is 19.6 Å². The zero-order valence-corrected chi connectivity index (χ0v) is 8.42. The van der Waals surface area contributed by atoms with Gasteiger partial charge in [0.25, 0.3) is 0 Å². The Balaban J connectivity index is 2.32. The Morgan fingerprint density at radius 1 is 1.57 bits per heavy atom. The maximum Gasteiger partial charge on any atom is 0.320 e. The summed E-state index contributed by atoms with van der Waals surface area (Å²) in [5.41, 5.74) is 0. The third-order valence-electron chi connectivity index (χ3n) is 1.87. The van der Waals surface area contributed by atoms with Crippen LogP contribution in [-0.4, -0.2) is 44.5 Å². The van der Waals surface area contributed by atoms with Crippen LogP contribution in [0.1, 0.15) is 12.8 Å². The fraction of sp³-hybridized carbons (Fsp3) is 0.857. The third kappa shape index (κ3) is 4.03. The van der Waals surface area contributed by atoms with Crippen molar-refractivity contribution in [3.8, 4) is 0 Å². The second-order valence-electron chi connectivity index (χ2n) is 3.14. The highest BCUT2D eigenvalue weighted by molar-refractivity contribution is 7.90. The van der Waals surface area contributed by atoms with Crippen molar-refractivity contribution in [1.82, 2.24) is 4.72 Å². The van der Waals surface area contributed by atoms with Gasteiger partial charge in [0.2, 0.25) is 10.0 Å². The molecule has 0 bridgehead atoms. The number of hydrogen-bond acceptors (Lipinski definition) is 4. The minimum absolute atomic E-state index is 0.112. The molecule has 1 aliphatic rings. The summed E-state index contributed by atoms with van der Waals surface area (Å²) in [6, 6.07) is 0. The van der Waals surface area contributed by atoms with E-state index in [0.717, 1.165) is 12.8 Å². The molecule has 1 saturated heterocycles. The van der Waals surface area contributed by atoms with Crippen LogP contribution >= 0.6 is 0 Å². The van der Waals surface area contributed by atoms with Gasteiger partial charge in [-0.2, -0.15) is 0 Å². The maximum absolute atomic E-state index is 11.1. The Morgan fingerprint density at radius 3 is 2.79 bits per heavy atom. The van der Waals surface area contributed by atoms with Crippen molar-refractivity contribution in [2.45, 2.75) is 18.9 Å². The molecule has 0 radical (unpaired) electrons. The SMILES string of the molecule is O=C(O)CS(=O)(=O)NC[C@H]1CCCO1. The highest BCUT2D eigenvalue weighted by Gasteiger charge is 2.20. The van der Waals surface area contributed by atoms with Gasteiger partial charge in [0.05, 0.1) is 6.10 Å². The van der Waals surface area contributed by atoms with E-state index in [2.05, 4.69) is 4.72 Å². The average Bonchev–Trinajstić information content (AvgIpc) is 2.50. The summed E-state index contributed by atoms with van der Waals surface area (Å²) in [7, 11) is -3.70. The number of sulfonamides is 1. The quantitative estimate of drug-likeness (QED) is 0.634. The normalized spacial score (nSPS) is 22.4. The van der Waals surface area contributed by atoms with Crippen LogP contribution in [0.15, 0.2) is 0 Å². The van der Waals surface area contributed by atoms with Crippen LogP contribution in [0.2, 0.25) is 0 Å². The van der Waals surface area contributed by atoms with Gasteiger partial charge >= 0.3 is 5.97 Å². The Kier molecular flexibility index (Phi) is 3.85. The molecule has 1 fully saturated rings. The first-order chi connectivity index (χ1) is 6.49. The summed E-state index contributed by atoms with van der Waals surface area (Å²) in [5.74, 6) is -2.25. The molecule has 82 valence electrons. The lowest BCUT2D eigenvalue weighted by Crippen LogP contribution is -2.35. The first-order valence-corrected chi connectivity index (χ1v) is 5.95. The lowest BCUT2D eigenvalue weighted by molar-refractivity contribution is -0.134. The number of hydrogen-bond donors (Lipinski definition) is 2. The standard InChI is InChI=1S/C7H13NO5S/c9-7(10)5-14(11,12)8-4-6-2-1-3-13-6/h6,8H,1-5H2,(H,9,10)/t6-/m1/s1. The molecule has 14 heavy (non-hydrogen) atoms. The molecular weight excluding hydrogens is 210 g/mol. The van der Waals surface area contributed by atoms with E-state index in [1.54, 1.807) is 0 Å². The van der Waals surface area contributed by atoms with Crippen LogP contribution < -0.4 is 4.72 Å².